The molecule has 8 nitrogen and oxygen atoms in total. The largest absolute Gasteiger partial charge is 0.493 e. The van der Waals surface area contributed by atoms with Crippen molar-refractivity contribution < 1.29 is 28.5 Å². The Kier molecular flexibility index (Phi) is 8.23. The van der Waals surface area contributed by atoms with Gasteiger partial charge in [-0.15, -0.1) is 0 Å². The summed E-state index contributed by atoms with van der Waals surface area (Å²) < 4.78 is 21.8. The van der Waals surface area contributed by atoms with Gasteiger partial charge in [-0.1, -0.05) is 36.4 Å². The fourth-order valence-electron chi connectivity index (χ4n) is 3.77. The third-order valence-electron chi connectivity index (χ3n) is 5.98. The molecule has 0 saturated heterocycles. The van der Waals surface area contributed by atoms with Crippen LogP contribution in [-0.4, -0.2) is 38.9 Å². The van der Waals surface area contributed by atoms with E-state index in [1.165, 1.54) is 20.4 Å². The lowest BCUT2D eigenvalue weighted by molar-refractivity contribution is -0.123. The van der Waals surface area contributed by atoms with Crippen LogP contribution in [0, 0.1) is 13.8 Å². The van der Waals surface area contributed by atoms with Gasteiger partial charge in [-0.3, -0.25) is 4.79 Å². The minimum absolute atomic E-state index is 0.198. The van der Waals surface area contributed by atoms with Gasteiger partial charge >= 0.3 is 5.97 Å². The van der Waals surface area contributed by atoms with Gasteiger partial charge in [0.05, 0.1) is 26.0 Å². The lowest BCUT2D eigenvalue weighted by Crippen LogP contribution is -2.24. The first-order chi connectivity index (χ1) is 18.4. The summed E-state index contributed by atoms with van der Waals surface area (Å²) in [5.74, 6) is 0.789. The molecule has 194 valence electrons. The predicted molar refractivity (Wildman–Crippen MR) is 146 cm³/mol. The van der Waals surface area contributed by atoms with Crippen molar-refractivity contribution in [3.63, 3.8) is 0 Å². The third kappa shape index (κ3) is 6.10. The number of hydrazone groups is 1. The average molecular weight is 513 g/mol. The number of ether oxygens (including phenoxy) is 4. The molecule has 0 saturated carbocycles. The number of esters is 1. The van der Waals surface area contributed by atoms with Gasteiger partial charge in [0, 0.05) is 5.56 Å². The van der Waals surface area contributed by atoms with Crippen molar-refractivity contribution in [2.45, 2.75) is 13.8 Å². The molecule has 1 N–H and O–H groups in total. The molecular weight excluding hydrogens is 484 g/mol. The van der Waals surface area contributed by atoms with Gasteiger partial charge < -0.3 is 18.9 Å². The van der Waals surface area contributed by atoms with E-state index in [0.29, 0.717) is 22.8 Å². The van der Waals surface area contributed by atoms with Crippen molar-refractivity contribution in [2.24, 2.45) is 5.10 Å². The summed E-state index contributed by atoms with van der Waals surface area (Å²) in [7, 11) is 3.01. The van der Waals surface area contributed by atoms with E-state index in [-0.39, 0.29) is 17.9 Å². The van der Waals surface area contributed by atoms with Crippen molar-refractivity contribution in [3.05, 3.63) is 95.1 Å². The Balaban J connectivity index is 1.51. The summed E-state index contributed by atoms with van der Waals surface area (Å²) in [6, 6.07) is 21.5. The highest BCUT2D eigenvalue weighted by atomic mass is 16.5. The van der Waals surface area contributed by atoms with Crippen LogP contribution in [0.1, 0.15) is 27.0 Å². The number of carbonyl (C=O) groups excluding carboxylic acids is 2. The highest BCUT2D eigenvalue weighted by molar-refractivity contribution is 6.04. The Bertz CT molecular complexity index is 1510. The van der Waals surface area contributed by atoms with Crippen molar-refractivity contribution in [2.75, 3.05) is 20.8 Å². The highest BCUT2D eigenvalue weighted by Gasteiger charge is 2.16. The van der Waals surface area contributed by atoms with Crippen molar-refractivity contribution >= 4 is 28.9 Å². The summed E-state index contributed by atoms with van der Waals surface area (Å²) in [5.41, 5.74) is 5.51. The number of carbonyl (C=O) groups is 2. The number of rotatable bonds is 9. The monoisotopic (exact) mass is 512 g/mol. The molecule has 0 aliphatic heterocycles. The van der Waals surface area contributed by atoms with E-state index in [2.05, 4.69) is 10.5 Å². The van der Waals surface area contributed by atoms with E-state index in [0.717, 1.165) is 21.9 Å². The molecule has 0 aliphatic rings. The Morgan fingerprint density at radius 3 is 2.37 bits per heavy atom. The summed E-state index contributed by atoms with van der Waals surface area (Å²) >= 11 is 0. The van der Waals surface area contributed by atoms with Gasteiger partial charge in [-0.25, -0.2) is 10.2 Å². The first-order valence-corrected chi connectivity index (χ1v) is 11.9. The van der Waals surface area contributed by atoms with Crippen LogP contribution in [0.3, 0.4) is 0 Å². The molecule has 0 radical (unpaired) electrons. The van der Waals surface area contributed by atoms with Crippen LogP contribution < -0.4 is 24.4 Å². The van der Waals surface area contributed by atoms with E-state index in [4.69, 9.17) is 18.9 Å². The Hall–Kier alpha value is -4.85. The number of nitrogens with one attached hydrogen (secondary N) is 1. The normalized spacial score (nSPS) is 10.8. The zero-order chi connectivity index (χ0) is 27.1. The lowest BCUT2D eigenvalue weighted by atomic mass is 10.0. The zero-order valence-electron chi connectivity index (χ0n) is 21.6. The van der Waals surface area contributed by atoms with Gasteiger partial charge in [0.15, 0.2) is 18.1 Å². The van der Waals surface area contributed by atoms with Crippen LogP contribution in [0.2, 0.25) is 0 Å². The molecule has 0 aliphatic carbocycles. The number of fused-ring (bicyclic) bond motifs is 1. The maximum atomic E-state index is 13.0. The smallest absolute Gasteiger partial charge is 0.343 e. The van der Waals surface area contributed by atoms with Crippen LogP contribution in [0.5, 0.6) is 23.0 Å². The molecule has 0 bridgehead atoms. The zero-order valence-corrected chi connectivity index (χ0v) is 21.6. The van der Waals surface area contributed by atoms with E-state index in [9.17, 15) is 9.59 Å². The summed E-state index contributed by atoms with van der Waals surface area (Å²) in [4.78, 5) is 25.3. The second-order valence-corrected chi connectivity index (χ2v) is 8.49. The quantitative estimate of drug-likeness (QED) is 0.143. The van der Waals surface area contributed by atoms with E-state index in [1.807, 2.05) is 62.4 Å². The molecule has 0 fully saturated rings. The van der Waals surface area contributed by atoms with Crippen molar-refractivity contribution in [1.29, 1.82) is 0 Å². The number of amides is 1. The second-order valence-electron chi connectivity index (χ2n) is 8.49. The third-order valence-corrected chi connectivity index (χ3v) is 5.98. The Labute approximate surface area is 220 Å². The molecule has 0 aromatic heterocycles. The molecule has 1 amide bonds. The summed E-state index contributed by atoms with van der Waals surface area (Å²) in [5, 5.41) is 5.82. The topological polar surface area (TPSA) is 95.5 Å². The van der Waals surface area contributed by atoms with Crippen LogP contribution in [-0.2, 0) is 4.79 Å². The van der Waals surface area contributed by atoms with Crippen LogP contribution in [0.25, 0.3) is 10.8 Å². The van der Waals surface area contributed by atoms with E-state index in [1.54, 1.807) is 24.3 Å². The number of benzene rings is 4. The highest BCUT2D eigenvalue weighted by Crippen LogP contribution is 2.30. The summed E-state index contributed by atoms with van der Waals surface area (Å²) in [6.45, 7) is 3.79. The molecular formula is C30H28N2O6. The fraction of sp³-hybridized carbons (Fsp3) is 0.167. The fourth-order valence-corrected chi connectivity index (χ4v) is 3.77. The lowest BCUT2D eigenvalue weighted by Gasteiger charge is -2.12. The second kappa shape index (κ2) is 11.9. The number of aryl methyl sites for hydroxylation is 2. The van der Waals surface area contributed by atoms with Gasteiger partial charge in [-0.05, 0) is 72.1 Å². The van der Waals surface area contributed by atoms with Gasteiger partial charge in [-0.2, -0.15) is 5.10 Å². The van der Waals surface area contributed by atoms with Gasteiger partial charge in [0.2, 0.25) is 0 Å². The molecule has 0 spiro atoms. The molecule has 4 aromatic carbocycles. The van der Waals surface area contributed by atoms with Gasteiger partial charge in [0.25, 0.3) is 5.91 Å². The van der Waals surface area contributed by atoms with Gasteiger partial charge in [0.1, 0.15) is 11.5 Å². The Morgan fingerprint density at radius 2 is 1.61 bits per heavy atom. The molecule has 8 heteroatoms. The maximum absolute atomic E-state index is 13.0. The van der Waals surface area contributed by atoms with Crippen LogP contribution in [0.15, 0.2) is 77.9 Å². The molecule has 0 heterocycles. The maximum Gasteiger partial charge on any atom is 0.343 e. The number of hydrogen-bond donors (Lipinski definition) is 1. The first kappa shape index (κ1) is 26.2. The minimum Gasteiger partial charge on any atom is -0.493 e. The molecule has 4 rings (SSSR count). The van der Waals surface area contributed by atoms with Crippen LogP contribution in [0.4, 0.5) is 0 Å². The Morgan fingerprint density at radius 1 is 0.842 bits per heavy atom. The van der Waals surface area contributed by atoms with Crippen LogP contribution >= 0.6 is 0 Å². The van der Waals surface area contributed by atoms with Crippen molar-refractivity contribution in [3.8, 4) is 23.0 Å². The average Bonchev–Trinajstić information content (AvgIpc) is 2.94. The molecule has 38 heavy (non-hydrogen) atoms. The predicted octanol–water partition coefficient (Wildman–Crippen LogP) is 5.22. The van der Waals surface area contributed by atoms with E-state index < -0.39 is 11.9 Å². The standard InChI is InChI=1S/C30H28N2O6/c1-19-9-12-23(15-20(19)2)37-18-29(33)32-31-17-25-24-8-6-5-7-21(24)10-13-26(25)38-30(34)22-11-14-27(35-3)28(16-22)36-4/h5-17H,18H2,1-4H3,(H,32,33)/b31-17+. The minimum atomic E-state index is -0.582. The number of nitrogens with zero attached hydrogens (tertiary/aromatic N) is 1. The molecule has 4 aromatic rings. The van der Waals surface area contributed by atoms with E-state index >= 15 is 0 Å². The first-order valence-electron chi connectivity index (χ1n) is 11.9. The summed E-state index contributed by atoms with van der Waals surface area (Å²) in [6.07, 6.45) is 1.45. The SMILES string of the molecule is COc1ccc(C(=O)Oc2ccc3ccccc3c2/C=N/NC(=O)COc2ccc(C)c(C)c2)cc1OC. The molecule has 0 unspecified atom stereocenters. The number of hydrogen-bond acceptors (Lipinski definition) is 7. The number of methoxy groups -OCH3 is 2. The van der Waals surface area contributed by atoms with Crippen molar-refractivity contribution in [1.82, 2.24) is 5.43 Å². The molecule has 0 atom stereocenters.